The third kappa shape index (κ3) is 2.88. The number of nitrogens with two attached hydrogens (primary N) is 1. The molecule has 0 amide bonds. The van der Waals surface area contributed by atoms with Crippen LogP contribution in [-0.4, -0.2) is 12.6 Å². The molecule has 2 unspecified atom stereocenters. The largest absolute Gasteiger partial charge is 0.453 e. The Labute approximate surface area is 92.2 Å². The summed E-state index contributed by atoms with van der Waals surface area (Å²) < 4.78 is 6.08. The lowest BCUT2D eigenvalue weighted by atomic mass is 10.2. The molecule has 2 atom stereocenters. The fourth-order valence-corrected chi connectivity index (χ4v) is 1.45. The molecular formula is C10H13BrN2O. The molecule has 1 rings (SSSR count). The van der Waals surface area contributed by atoms with Crippen LogP contribution in [0.3, 0.4) is 0 Å². The van der Waals surface area contributed by atoms with Gasteiger partial charge in [0, 0.05) is 6.54 Å². The molecule has 0 saturated carbocycles. The number of nitrogens with one attached hydrogen (secondary N) is 1. The van der Waals surface area contributed by atoms with Gasteiger partial charge in [0.15, 0.2) is 4.67 Å². The molecule has 3 N–H and O–H groups in total. The first-order valence-corrected chi connectivity index (χ1v) is 5.14. The Morgan fingerprint density at radius 3 is 2.86 bits per heavy atom. The summed E-state index contributed by atoms with van der Waals surface area (Å²) >= 11 is 3.24. The molecule has 0 fully saturated rings. The Morgan fingerprint density at radius 2 is 2.43 bits per heavy atom. The van der Waals surface area contributed by atoms with E-state index in [4.69, 9.17) is 16.6 Å². The van der Waals surface area contributed by atoms with Crippen LogP contribution in [0.1, 0.15) is 18.7 Å². The summed E-state index contributed by atoms with van der Waals surface area (Å²) in [5.41, 5.74) is 5.61. The van der Waals surface area contributed by atoms with Gasteiger partial charge in [0.05, 0.1) is 12.1 Å². The van der Waals surface area contributed by atoms with Crippen molar-refractivity contribution in [2.45, 2.75) is 19.0 Å². The Kier molecular flexibility index (Phi) is 4.21. The molecular weight excluding hydrogens is 244 g/mol. The lowest BCUT2D eigenvalue weighted by Crippen LogP contribution is -2.33. The molecule has 1 aromatic heterocycles. The fraction of sp³-hybridized carbons (Fsp3) is 0.400. The van der Waals surface area contributed by atoms with E-state index in [0.29, 0.717) is 11.2 Å². The minimum Gasteiger partial charge on any atom is -0.453 e. The van der Waals surface area contributed by atoms with E-state index in [1.807, 2.05) is 19.1 Å². The van der Waals surface area contributed by atoms with Gasteiger partial charge in [-0.25, -0.2) is 0 Å². The van der Waals surface area contributed by atoms with Gasteiger partial charge in [-0.1, -0.05) is 5.92 Å². The highest BCUT2D eigenvalue weighted by molar-refractivity contribution is 9.10. The lowest BCUT2D eigenvalue weighted by molar-refractivity contribution is 0.398. The van der Waals surface area contributed by atoms with Crippen molar-refractivity contribution in [3.05, 3.63) is 22.6 Å². The van der Waals surface area contributed by atoms with Gasteiger partial charge >= 0.3 is 0 Å². The van der Waals surface area contributed by atoms with Crippen molar-refractivity contribution < 1.29 is 4.42 Å². The monoisotopic (exact) mass is 256 g/mol. The van der Waals surface area contributed by atoms with E-state index < -0.39 is 0 Å². The Bertz CT molecular complexity index is 329. The maximum Gasteiger partial charge on any atom is 0.169 e. The van der Waals surface area contributed by atoms with E-state index in [1.54, 1.807) is 0 Å². The van der Waals surface area contributed by atoms with Gasteiger partial charge in [-0.2, -0.15) is 0 Å². The smallest absolute Gasteiger partial charge is 0.169 e. The number of rotatable bonds is 4. The van der Waals surface area contributed by atoms with Crippen molar-refractivity contribution in [2.75, 3.05) is 6.54 Å². The maximum atomic E-state index is 5.61. The highest BCUT2D eigenvalue weighted by atomic mass is 79.9. The van der Waals surface area contributed by atoms with Crippen molar-refractivity contribution in [2.24, 2.45) is 5.73 Å². The normalized spacial score (nSPS) is 14.7. The van der Waals surface area contributed by atoms with E-state index in [1.165, 1.54) is 0 Å². The summed E-state index contributed by atoms with van der Waals surface area (Å²) in [6.45, 7) is 2.35. The second kappa shape index (κ2) is 5.20. The van der Waals surface area contributed by atoms with Gasteiger partial charge < -0.3 is 10.2 Å². The first-order valence-electron chi connectivity index (χ1n) is 4.35. The van der Waals surface area contributed by atoms with Crippen LogP contribution in [-0.2, 0) is 0 Å². The molecule has 0 aliphatic carbocycles. The average molecular weight is 257 g/mol. The van der Waals surface area contributed by atoms with E-state index >= 15 is 0 Å². The summed E-state index contributed by atoms with van der Waals surface area (Å²) in [7, 11) is 0. The zero-order chi connectivity index (χ0) is 10.6. The quantitative estimate of drug-likeness (QED) is 0.806. The predicted octanol–water partition coefficient (Wildman–Crippen LogP) is 1.65. The first kappa shape index (κ1) is 11.3. The van der Waals surface area contributed by atoms with Crippen LogP contribution >= 0.6 is 15.9 Å². The van der Waals surface area contributed by atoms with Crippen molar-refractivity contribution >= 4 is 15.9 Å². The van der Waals surface area contributed by atoms with E-state index in [2.05, 4.69) is 27.2 Å². The summed E-state index contributed by atoms with van der Waals surface area (Å²) in [6, 6.07) is 3.65. The number of halogens is 1. The Balaban J connectivity index is 2.68. The molecule has 1 heterocycles. The van der Waals surface area contributed by atoms with Crippen LogP contribution in [0.4, 0.5) is 0 Å². The van der Waals surface area contributed by atoms with Crippen LogP contribution in [0.15, 0.2) is 21.2 Å². The second-order valence-electron chi connectivity index (χ2n) is 2.99. The molecule has 76 valence electrons. The van der Waals surface area contributed by atoms with Gasteiger partial charge in [0.1, 0.15) is 5.76 Å². The zero-order valence-electron chi connectivity index (χ0n) is 7.96. The molecule has 0 spiro atoms. The Morgan fingerprint density at radius 1 is 1.71 bits per heavy atom. The van der Waals surface area contributed by atoms with Gasteiger partial charge in [0.2, 0.25) is 0 Å². The fourth-order valence-electron chi connectivity index (χ4n) is 1.13. The van der Waals surface area contributed by atoms with Crippen molar-refractivity contribution in [1.29, 1.82) is 0 Å². The van der Waals surface area contributed by atoms with Crippen molar-refractivity contribution in [1.82, 2.24) is 5.32 Å². The van der Waals surface area contributed by atoms with Crippen LogP contribution in [0, 0.1) is 12.3 Å². The minimum absolute atomic E-state index is 0.0209. The molecule has 0 aromatic carbocycles. The van der Waals surface area contributed by atoms with Gasteiger partial charge in [-0.3, -0.25) is 5.32 Å². The second-order valence-corrected chi connectivity index (χ2v) is 3.77. The van der Waals surface area contributed by atoms with Crippen molar-refractivity contribution in [3.63, 3.8) is 0 Å². The predicted molar refractivity (Wildman–Crippen MR) is 59.6 cm³/mol. The summed E-state index contributed by atoms with van der Waals surface area (Å²) in [4.78, 5) is 0. The highest BCUT2D eigenvalue weighted by Crippen LogP contribution is 2.20. The maximum absolute atomic E-state index is 5.61. The third-order valence-electron chi connectivity index (χ3n) is 1.87. The SMILES string of the molecule is C#CC(C)NC(CN)c1ccc(Br)o1. The molecule has 4 heteroatoms. The van der Waals surface area contributed by atoms with E-state index in [0.717, 1.165) is 5.76 Å². The summed E-state index contributed by atoms with van der Waals surface area (Å²) in [6.07, 6.45) is 5.27. The van der Waals surface area contributed by atoms with E-state index in [-0.39, 0.29) is 12.1 Å². The average Bonchev–Trinajstić information content (AvgIpc) is 2.60. The molecule has 0 aliphatic rings. The molecule has 3 nitrogen and oxygen atoms in total. The Hall–Kier alpha value is -0.760. The zero-order valence-corrected chi connectivity index (χ0v) is 9.54. The van der Waals surface area contributed by atoms with Crippen LogP contribution in [0.5, 0.6) is 0 Å². The van der Waals surface area contributed by atoms with Gasteiger partial charge in [0.25, 0.3) is 0 Å². The number of furan rings is 1. The topological polar surface area (TPSA) is 51.2 Å². The first-order chi connectivity index (χ1) is 6.67. The highest BCUT2D eigenvalue weighted by Gasteiger charge is 2.14. The minimum atomic E-state index is -0.0349. The number of hydrogen-bond donors (Lipinski definition) is 2. The van der Waals surface area contributed by atoms with Crippen LogP contribution in [0.2, 0.25) is 0 Å². The lowest BCUT2D eigenvalue weighted by Gasteiger charge is -2.16. The number of hydrogen-bond acceptors (Lipinski definition) is 3. The van der Waals surface area contributed by atoms with Gasteiger partial charge in [-0.05, 0) is 35.0 Å². The van der Waals surface area contributed by atoms with Gasteiger partial charge in [-0.15, -0.1) is 6.42 Å². The molecule has 14 heavy (non-hydrogen) atoms. The molecule has 0 aliphatic heterocycles. The molecule has 1 aromatic rings. The summed E-state index contributed by atoms with van der Waals surface area (Å²) in [5, 5.41) is 3.17. The molecule has 0 bridgehead atoms. The molecule has 0 radical (unpaired) electrons. The molecule has 0 saturated heterocycles. The standard InChI is InChI=1S/C10H13BrN2O/c1-3-7(2)13-8(6-12)9-4-5-10(11)14-9/h1,4-5,7-8,13H,6,12H2,2H3. The van der Waals surface area contributed by atoms with Crippen LogP contribution in [0.25, 0.3) is 0 Å². The van der Waals surface area contributed by atoms with Crippen molar-refractivity contribution in [3.8, 4) is 12.3 Å². The number of terminal acetylenes is 1. The third-order valence-corrected chi connectivity index (χ3v) is 2.30. The van der Waals surface area contributed by atoms with Crippen LogP contribution < -0.4 is 11.1 Å². The van der Waals surface area contributed by atoms with E-state index in [9.17, 15) is 0 Å². The summed E-state index contributed by atoms with van der Waals surface area (Å²) in [5.74, 6) is 3.38.